The molecule has 3 aromatic rings. The molecule has 0 aliphatic heterocycles. The molecule has 0 saturated carbocycles. The van der Waals surface area contributed by atoms with Gasteiger partial charge in [0.1, 0.15) is 11.6 Å². The number of hydrogen-bond donors (Lipinski definition) is 0. The zero-order valence-electron chi connectivity index (χ0n) is 25.9. The maximum Gasteiger partial charge on any atom is 0.349 e. The Labute approximate surface area is 245 Å². The van der Waals surface area contributed by atoms with Gasteiger partial charge < -0.3 is 14.0 Å². The van der Waals surface area contributed by atoms with Gasteiger partial charge in [-0.2, -0.15) is 0 Å². The lowest BCUT2D eigenvalue weighted by molar-refractivity contribution is -0.158. The van der Waals surface area contributed by atoms with E-state index in [4.69, 9.17) is 14.5 Å². The van der Waals surface area contributed by atoms with Crippen molar-refractivity contribution in [2.45, 2.75) is 86.3 Å². The maximum absolute atomic E-state index is 12.1. The van der Waals surface area contributed by atoms with Crippen LogP contribution in [0.4, 0.5) is 0 Å². The van der Waals surface area contributed by atoms with Crippen LogP contribution in [0.15, 0.2) is 72.3 Å². The first kappa shape index (κ1) is 31.7. The summed E-state index contributed by atoms with van der Waals surface area (Å²) in [6, 6.07) is 16.7. The standard InChI is InChI=1S/C34H40N2O3.C2H6/c1-6-8-12-27-18-21-31-30(23-27)35-32(36(31)24-28-14-9-11-25(3)22-28)15-10-13-26-16-19-29(20-17-26)39-34(4,5)33(37)38-7-2;1-2/h6,8-9,11-12,14,16-17,19-23H,7,10,13,15,18,24H2,1-5H3;1-2H3/b8-6-,27-12+;. The molecule has 0 fully saturated rings. The second-order valence-electron chi connectivity index (χ2n) is 10.5. The maximum atomic E-state index is 12.1. The van der Waals surface area contributed by atoms with Gasteiger partial charge in [0.05, 0.1) is 17.3 Å². The van der Waals surface area contributed by atoms with Crippen LogP contribution in [-0.4, -0.2) is 27.7 Å². The summed E-state index contributed by atoms with van der Waals surface area (Å²) in [4.78, 5) is 17.2. The summed E-state index contributed by atoms with van der Waals surface area (Å²) >= 11 is 0. The third kappa shape index (κ3) is 8.81. The summed E-state index contributed by atoms with van der Waals surface area (Å²) in [7, 11) is 0. The Morgan fingerprint density at radius 3 is 2.51 bits per heavy atom. The smallest absolute Gasteiger partial charge is 0.349 e. The molecule has 0 spiro atoms. The molecule has 0 unspecified atom stereocenters. The van der Waals surface area contributed by atoms with Gasteiger partial charge in [-0.3, -0.25) is 0 Å². The quantitative estimate of drug-likeness (QED) is 0.250. The molecule has 0 bridgehead atoms. The Balaban J connectivity index is 0.00000226. The number of fused-ring (bicyclic) bond motifs is 1. The summed E-state index contributed by atoms with van der Waals surface area (Å²) in [6.07, 6.45) is 14.6. The van der Waals surface area contributed by atoms with Crippen molar-refractivity contribution in [3.63, 3.8) is 0 Å². The molecule has 1 aliphatic carbocycles. The SMILES string of the molecule is C/C=C\C=C1\C=c2nc(CCCc3ccc(OC(C)(C)C(=O)OCC)cc3)n(Cc3cccc(C)c3)c2=CC1.CC. The second-order valence-corrected chi connectivity index (χ2v) is 10.5. The van der Waals surface area contributed by atoms with E-state index in [-0.39, 0.29) is 5.97 Å². The van der Waals surface area contributed by atoms with E-state index in [1.807, 2.05) is 32.9 Å². The normalized spacial score (nSPS) is 13.6. The number of esters is 1. The van der Waals surface area contributed by atoms with Gasteiger partial charge in [-0.05, 0) is 88.8 Å². The molecule has 4 rings (SSSR count). The molecule has 218 valence electrons. The number of ether oxygens (including phenoxy) is 2. The molecular formula is C36H46N2O3. The third-order valence-electron chi connectivity index (χ3n) is 6.82. The van der Waals surface area contributed by atoms with Crippen LogP contribution in [0.1, 0.15) is 76.9 Å². The van der Waals surface area contributed by atoms with Crippen LogP contribution in [0.25, 0.3) is 12.2 Å². The number of imidazole rings is 1. The lowest BCUT2D eigenvalue weighted by Gasteiger charge is -2.24. The van der Waals surface area contributed by atoms with Crippen molar-refractivity contribution >= 4 is 18.1 Å². The zero-order chi connectivity index (χ0) is 29.8. The highest BCUT2D eigenvalue weighted by Gasteiger charge is 2.31. The number of hydrogen-bond acceptors (Lipinski definition) is 4. The first-order chi connectivity index (χ1) is 19.8. The van der Waals surface area contributed by atoms with Crippen molar-refractivity contribution < 1.29 is 14.3 Å². The molecule has 41 heavy (non-hydrogen) atoms. The van der Waals surface area contributed by atoms with Crippen LogP contribution < -0.4 is 15.4 Å². The van der Waals surface area contributed by atoms with E-state index in [9.17, 15) is 4.79 Å². The summed E-state index contributed by atoms with van der Waals surface area (Å²) in [5.41, 5.74) is 4.05. The highest BCUT2D eigenvalue weighted by Crippen LogP contribution is 2.21. The molecule has 1 aliphatic rings. The Bertz CT molecular complexity index is 1470. The van der Waals surface area contributed by atoms with Gasteiger partial charge in [0, 0.05) is 13.0 Å². The summed E-state index contributed by atoms with van der Waals surface area (Å²) < 4.78 is 13.4. The molecule has 2 aromatic carbocycles. The molecule has 0 atom stereocenters. The minimum Gasteiger partial charge on any atom is -0.476 e. The van der Waals surface area contributed by atoms with Crippen molar-refractivity contribution in [3.8, 4) is 5.75 Å². The summed E-state index contributed by atoms with van der Waals surface area (Å²) in [5, 5.41) is 2.28. The molecule has 0 radical (unpaired) electrons. The minimum atomic E-state index is -1.03. The molecule has 0 saturated heterocycles. The largest absolute Gasteiger partial charge is 0.476 e. The highest BCUT2D eigenvalue weighted by atomic mass is 16.6. The van der Waals surface area contributed by atoms with Gasteiger partial charge >= 0.3 is 5.97 Å². The van der Waals surface area contributed by atoms with Crippen LogP contribution in [0.2, 0.25) is 0 Å². The van der Waals surface area contributed by atoms with Crippen LogP contribution in [0, 0.1) is 6.92 Å². The van der Waals surface area contributed by atoms with E-state index in [2.05, 4.69) is 78.3 Å². The van der Waals surface area contributed by atoms with Gasteiger partial charge in [-0.25, -0.2) is 9.78 Å². The topological polar surface area (TPSA) is 53.4 Å². The second kappa shape index (κ2) is 15.2. The first-order valence-electron chi connectivity index (χ1n) is 14.9. The number of nitrogens with zero attached hydrogens (tertiary/aromatic N) is 2. The molecular weight excluding hydrogens is 508 g/mol. The fraction of sp³-hybridized carbons (Fsp3) is 0.389. The molecule has 1 aromatic heterocycles. The van der Waals surface area contributed by atoms with E-state index < -0.39 is 5.60 Å². The zero-order valence-corrected chi connectivity index (χ0v) is 25.9. The average molecular weight is 555 g/mol. The van der Waals surface area contributed by atoms with E-state index in [0.717, 1.165) is 43.4 Å². The number of allylic oxidation sites excluding steroid dienone is 4. The first-order valence-corrected chi connectivity index (χ1v) is 14.9. The number of aromatic nitrogens is 2. The van der Waals surface area contributed by atoms with Crippen LogP contribution in [0.5, 0.6) is 5.75 Å². The van der Waals surface area contributed by atoms with Crippen LogP contribution in [0.3, 0.4) is 0 Å². The monoisotopic (exact) mass is 554 g/mol. The van der Waals surface area contributed by atoms with E-state index in [0.29, 0.717) is 12.4 Å². The third-order valence-corrected chi connectivity index (χ3v) is 6.82. The Morgan fingerprint density at radius 1 is 1.07 bits per heavy atom. The molecule has 1 heterocycles. The van der Waals surface area contributed by atoms with E-state index >= 15 is 0 Å². The number of rotatable bonds is 11. The number of carbonyl (C=O) groups is 1. The van der Waals surface area contributed by atoms with Crippen molar-refractivity contribution in [2.75, 3.05) is 6.61 Å². The lowest BCUT2D eigenvalue weighted by atomic mass is 10.1. The van der Waals surface area contributed by atoms with Gasteiger partial charge in [-0.1, -0.05) is 80.1 Å². The number of carbonyl (C=O) groups excluding carboxylic acids is 1. The predicted octanol–water partition coefficient (Wildman–Crippen LogP) is 6.63. The fourth-order valence-corrected chi connectivity index (χ4v) is 4.82. The van der Waals surface area contributed by atoms with Gasteiger partial charge in [-0.15, -0.1) is 0 Å². The Hall–Kier alpha value is -3.86. The van der Waals surface area contributed by atoms with Crippen molar-refractivity contribution in [2.24, 2.45) is 0 Å². The van der Waals surface area contributed by atoms with E-state index in [1.165, 1.54) is 27.6 Å². The fourth-order valence-electron chi connectivity index (χ4n) is 4.82. The molecule has 5 nitrogen and oxygen atoms in total. The molecule has 5 heteroatoms. The van der Waals surface area contributed by atoms with Gasteiger partial charge in [0.25, 0.3) is 0 Å². The predicted molar refractivity (Wildman–Crippen MR) is 169 cm³/mol. The Kier molecular flexibility index (Phi) is 11.8. The highest BCUT2D eigenvalue weighted by molar-refractivity contribution is 5.79. The van der Waals surface area contributed by atoms with Gasteiger partial charge in [0.15, 0.2) is 5.60 Å². The van der Waals surface area contributed by atoms with Crippen LogP contribution >= 0.6 is 0 Å². The van der Waals surface area contributed by atoms with Crippen molar-refractivity contribution in [1.82, 2.24) is 9.55 Å². The lowest BCUT2D eigenvalue weighted by Crippen LogP contribution is -2.39. The van der Waals surface area contributed by atoms with Crippen LogP contribution in [-0.2, 0) is 28.9 Å². The van der Waals surface area contributed by atoms with E-state index in [1.54, 1.807) is 20.8 Å². The summed E-state index contributed by atoms with van der Waals surface area (Å²) in [6.45, 7) is 14.6. The number of aryl methyl sites for hydroxylation is 3. The minimum absolute atomic E-state index is 0.334. The molecule has 0 amide bonds. The van der Waals surface area contributed by atoms with Crippen molar-refractivity contribution in [1.29, 1.82) is 0 Å². The van der Waals surface area contributed by atoms with Crippen molar-refractivity contribution in [3.05, 3.63) is 106 Å². The molecule has 0 N–H and O–H groups in total. The average Bonchev–Trinajstić information content (AvgIpc) is 3.30. The summed E-state index contributed by atoms with van der Waals surface area (Å²) in [5.74, 6) is 1.42. The number of benzene rings is 2. The van der Waals surface area contributed by atoms with Gasteiger partial charge in [0.2, 0.25) is 0 Å². The Morgan fingerprint density at radius 2 is 1.83 bits per heavy atom.